The van der Waals surface area contributed by atoms with E-state index in [1.807, 2.05) is 0 Å². The van der Waals surface area contributed by atoms with Crippen LogP contribution in [-0.4, -0.2) is 10.4 Å². The first-order valence-electron chi connectivity index (χ1n) is 3.79. The second-order valence-electron chi connectivity index (χ2n) is 2.61. The van der Waals surface area contributed by atoms with Gasteiger partial charge in [-0.3, -0.25) is 4.79 Å². The predicted molar refractivity (Wildman–Crippen MR) is 46.4 cm³/mol. The van der Waals surface area contributed by atoms with Crippen molar-refractivity contribution >= 4 is 11.6 Å². The Morgan fingerprint density at radius 2 is 2.07 bits per heavy atom. The summed E-state index contributed by atoms with van der Waals surface area (Å²) in [5, 5.41) is 0. The lowest BCUT2D eigenvalue weighted by molar-refractivity contribution is -0.138. The minimum atomic E-state index is -4.60. The molecule has 0 spiro atoms. The quantitative estimate of drug-likeness (QED) is 0.707. The standard InChI is InChI=1S/C8H7ClF3NO/c9-3-5-13-4-1-2-6(7(13)14)8(10,11)12/h1-2,4H,3,5H2. The number of aromatic nitrogens is 1. The molecule has 0 saturated carbocycles. The van der Waals surface area contributed by atoms with E-state index in [1.54, 1.807) is 0 Å². The molecule has 78 valence electrons. The molecule has 0 radical (unpaired) electrons. The van der Waals surface area contributed by atoms with Crippen molar-refractivity contribution in [1.82, 2.24) is 4.57 Å². The minimum Gasteiger partial charge on any atom is -0.314 e. The van der Waals surface area contributed by atoms with Gasteiger partial charge in [0.25, 0.3) is 5.56 Å². The Labute approximate surface area is 82.9 Å². The Hall–Kier alpha value is -0.970. The van der Waals surface area contributed by atoms with E-state index in [1.165, 1.54) is 12.3 Å². The van der Waals surface area contributed by atoms with Crippen molar-refractivity contribution in [2.75, 3.05) is 5.88 Å². The Morgan fingerprint density at radius 1 is 1.43 bits per heavy atom. The summed E-state index contributed by atoms with van der Waals surface area (Å²) >= 11 is 5.33. The van der Waals surface area contributed by atoms with Crippen molar-refractivity contribution in [1.29, 1.82) is 0 Å². The fraction of sp³-hybridized carbons (Fsp3) is 0.375. The van der Waals surface area contributed by atoms with Crippen LogP contribution in [0, 0.1) is 0 Å². The molecule has 1 aromatic heterocycles. The van der Waals surface area contributed by atoms with Crippen LogP contribution in [0.2, 0.25) is 0 Å². The van der Waals surface area contributed by atoms with Crippen molar-refractivity contribution in [3.8, 4) is 0 Å². The van der Waals surface area contributed by atoms with E-state index in [0.717, 1.165) is 10.6 Å². The van der Waals surface area contributed by atoms with Crippen molar-refractivity contribution in [3.05, 3.63) is 34.2 Å². The highest BCUT2D eigenvalue weighted by Gasteiger charge is 2.34. The third-order valence-corrected chi connectivity index (χ3v) is 1.82. The Kier molecular flexibility index (Phi) is 3.21. The van der Waals surface area contributed by atoms with Gasteiger partial charge >= 0.3 is 6.18 Å². The van der Waals surface area contributed by atoms with Crippen LogP contribution in [0.4, 0.5) is 13.2 Å². The van der Waals surface area contributed by atoms with Crippen LogP contribution < -0.4 is 5.56 Å². The summed E-state index contributed by atoms with van der Waals surface area (Å²) in [6.45, 7) is 0.0737. The van der Waals surface area contributed by atoms with Gasteiger partial charge in [-0.25, -0.2) is 0 Å². The summed E-state index contributed by atoms with van der Waals surface area (Å²) in [7, 11) is 0. The molecule has 0 N–H and O–H groups in total. The first-order valence-corrected chi connectivity index (χ1v) is 4.33. The van der Waals surface area contributed by atoms with Crippen LogP contribution >= 0.6 is 11.6 Å². The maximum Gasteiger partial charge on any atom is 0.421 e. The van der Waals surface area contributed by atoms with Gasteiger partial charge in [0.1, 0.15) is 5.56 Å². The number of halogens is 4. The molecule has 0 aliphatic carbocycles. The van der Waals surface area contributed by atoms with E-state index in [9.17, 15) is 18.0 Å². The lowest BCUT2D eigenvalue weighted by Gasteiger charge is -2.08. The summed E-state index contributed by atoms with van der Waals surface area (Å²) in [4.78, 5) is 11.2. The molecule has 0 unspecified atom stereocenters. The number of alkyl halides is 4. The van der Waals surface area contributed by atoms with Crippen LogP contribution in [0.25, 0.3) is 0 Å². The van der Waals surface area contributed by atoms with Crippen LogP contribution in [-0.2, 0) is 12.7 Å². The normalized spacial score (nSPS) is 11.7. The molecule has 1 aromatic rings. The summed E-state index contributed by atoms with van der Waals surface area (Å²) in [5.41, 5.74) is -2.22. The monoisotopic (exact) mass is 225 g/mol. The summed E-state index contributed by atoms with van der Waals surface area (Å²) in [5.74, 6) is 0.0984. The van der Waals surface area contributed by atoms with E-state index >= 15 is 0 Å². The molecule has 14 heavy (non-hydrogen) atoms. The average Bonchev–Trinajstić information content (AvgIpc) is 2.07. The SMILES string of the molecule is O=c1c(C(F)(F)F)cccn1CCCl. The average molecular weight is 226 g/mol. The van der Waals surface area contributed by atoms with Crippen LogP contribution in [0.15, 0.2) is 23.1 Å². The number of aryl methyl sites for hydroxylation is 1. The molecule has 1 rings (SSSR count). The maximum absolute atomic E-state index is 12.2. The minimum absolute atomic E-state index is 0.0737. The van der Waals surface area contributed by atoms with Crippen molar-refractivity contribution in [2.45, 2.75) is 12.7 Å². The summed E-state index contributed by atoms with van der Waals surface area (Å²) < 4.78 is 37.6. The van der Waals surface area contributed by atoms with E-state index < -0.39 is 17.3 Å². The second kappa shape index (κ2) is 4.04. The molecule has 0 atom stereocenters. The molecule has 0 aromatic carbocycles. The summed E-state index contributed by atoms with van der Waals surface area (Å²) in [6.07, 6.45) is -3.33. The molecule has 6 heteroatoms. The van der Waals surface area contributed by atoms with Gasteiger partial charge in [-0.1, -0.05) is 0 Å². The molecule has 1 heterocycles. The molecule has 0 aliphatic heterocycles. The van der Waals surface area contributed by atoms with Crippen LogP contribution in [0.3, 0.4) is 0 Å². The lowest BCUT2D eigenvalue weighted by atomic mass is 10.2. The molecule has 0 fully saturated rings. The van der Waals surface area contributed by atoms with E-state index in [0.29, 0.717) is 0 Å². The number of nitrogens with zero attached hydrogens (tertiary/aromatic N) is 1. The molecular formula is C8H7ClF3NO. The number of pyridine rings is 1. The molecule has 0 aliphatic rings. The highest BCUT2D eigenvalue weighted by molar-refractivity contribution is 6.17. The molecule has 0 saturated heterocycles. The first-order chi connectivity index (χ1) is 6.46. The van der Waals surface area contributed by atoms with Crippen molar-refractivity contribution in [2.24, 2.45) is 0 Å². The van der Waals surface area contributed by atoms with Gasteiger partial charge in [-0.2, -0.15) is 13.2 Å². The Morgan fingerprint density at radius 3 is 2.57 bits per heavy atom. The van der Waals surface area contributed by atoms with Gasteiger partial charge in [0.05, 0.1) is 0 Å². The van der Waals surface area contributed by atoms with Crippen molar-refractivity contribution < 1.29 is 13.2 Å². The van der Waals surface area contributed by atoms with Gasteiger partial charge in [0.15, 0.2) is 0 Å². The molecule has 2 nitrogen and oxygen atoms in total. The maximum atomic E-state index is 12.2. The molecule has 0 bridgehead atoms. The number of hydrogen-bond donors (Lipinski definition) is 0. The van der Waals surface area contributed by atoms with Gasteiger partial charge in [0, 0.05) is 18.6 Å². The largest absolute Gasteiger partial charge is 0.421 e. The smallest absolute Gasteiger partial charge is 0.314 e. The zero-order chi connectivity index (χ0) is 10.8. The van der Waals surface area contributed by atoms with Gasteiger partial charge in [-0.05, 0) is 12.1 Å². The third kappa shape index (κ3) is 2.29. The zero-order valence-corrected chi connectivity index (χ0v) is 7.77. The number of rotatable bonds is 2. The second-order valence-corrected chi connectivity index (χ2v) is 2.99. The highest BCUT2D eigenvalue weighted by Crippen LogP contribution is 2.25. The predicted octanol–water partition coefficient (Wildman–Crippen LogP) is 2.11. The van der Waals surface area contributed by atoms with Crippen LogP contribution in [0.1, 0.15) is 5.56 Å². The Balaban J connectivity index is 3.22. The summed E-state index contributed by atoms with van der Waals surface area (Å²) in [6, 6.07) is 1.93. The van der Waals surface area contributed by atoms with Crippen LogP contribution in [0.5, 0.6) is 0 Å². The highest BCUT2D eigenvalue weighted by atomic mass is 35.5. The zero-order valence-electron chi connectivity index (χ0n) is 7.01. The van der Waals surface area contributed by atoms with Gasteiger partial charge < -0.3 is 4.57 Å². The lowest BCUT2D eigenvalue weighted by Crippen LogP contribution is -2.28. The first kappa shape index (κ1) is 11.1. The molecule has 0 amide bonds. The van der Waals surface area contributed by atoms with E-state index in [4.69, 9.17) is 11.6 Å². The third-order valence-electron chi connectivity index (χ3n) is 1.65. The van der Waals surface area contributed by atoms with Gasteiger partial charge in [-0.15, -0.1) is 11.6 Å². The fourth-order valence-electron chi connectivity index (χ4n) is 1.02. The Bertz CT molecular complexity index is 372. The van der Waals surface area contributed by atoms with E-state index in [2.05, 4.69) is 0 Å². The van der Waals surface area contributed by atoms with Gasteiger partial charge in [0.2, 0.25) is 0 Å². The number of hydrogen-bond acceptors (Lipinski definition) is 1. The van der Waals surface area contributed by atoms with Crippen molar-refractivity contribution in [3.63, 3.8) is 0 Å². The molecular weight excluding hydrogens is 219 g/mol. The topological polar surface area (TPSA) is 22.0 Å². The fourth-order valence-corrected chi connectivity index (χ4v) is 1.20. The van der Waals surface area contributed by atoms with E-state index in [-0.39, 0.29) is 12.4 Å².